The van der Waals surface area contributed by atoms with Gasteiger partial charge in [0.15, 0.2) is 4.34 Å². The van der Waals surface area contributed by atoms with Crippen LogP contribution >= 0.6 is 23.1 Å². The topological polar surface area (TPSA) is 67.4 Å². The molecule has 0 bridgehead atoms. The number of rotatable bonds is 7. The summed E-state index contributed by atoms with van der Waals surface area (Å²) < 4.78 is 6.12. The van der Waals surface area contributed by atoms with E-state index in [4.69, 9.17) is 4.74 Å². The van der Waals surface area contributed by atoms with Crippen LogP contribution in [0, 0.1) is 0 Å². The highest BCUT2D eigenvalue weighted by Gasteiger charge is 2.25. The number of aromatic nitrogens is 2. The Bertz CT molecular complexity index is 737. The fourth-order valence-corrected chi connectivity index (χ4v) is 4.79. The van der Waals surface area contributed by atoms with Crippen LogP contribution in [0.4, 0.5) is 10.8 Å². The summed E-state index contributed by atoms with van der Waals surface area (Å²) in [6.07, 6.45) is 4.49. The van der Waals surface area contributed by atoms with E-state index in [0.29, 0.717) is 16.9 Å². The van der Waals surface area contributed by atoms with E-state index in [9.17, 15) is 4.79 Å². The van der Waals surface area contributed by atoms with Crippen molar-refractivity contribution >= 4 is 39.8 Å². The molecule has 1 N–H and O–H groups in total. The number of carbonyl (C=O) groups is 1. The van der Waals surface area contributed by atoms with Crippen molar-refractivity contribution in [1.29, 1.82) is 0 Å². The third kappa shape index (κ3) is 4.67. The molecule has 1 fully saturated rings. The largest absolute Gasteiger partial charge is 0.495 e. The fraction of sp³-hybridized carbons (Fsp3) is 0.500. The van der Waals surface area contributed by atoms with Crippen LogP contribution in [-0.2, 0) is 4.79 Å². The van der Waals surface area contributed by atoms with Crippen molar-refractivity contribution < 1.29 is 9.53 Å². The van der Waals surface area contributed by atoms with Gasteiger partial charge >= 0.3 is 0 Å². The minimum Gasteiger partial charge on any atom is -0.495 e. The predicted octanol–water partition coefficient (Wildman–Crippen LogP) is 4.17. The van der Waals surface area contributed by atoms with Gasteiger partial charge in [-0.2, -0.15) is 0 Å². The second-order valence-electron chi connectivity index (χ2n) is 6.13. The second kappa shape index (κ2) is 9.23. The molecule has 0 radical (unpaired) electrons. The average molecular weight is 393 g/mol. The Hall–Kier alpha value is -1.80. The van der Waals surface area contributed by atoms with E-state index in [0.717, 1.165) is 41.6 Å². The number of hydrogen-bond acceptors (Lipinski definition) is 7. The van der Waals surface area contributed by atoms with Crippen molar-refractivity contribution in [2.45, 2.75) is 43.0 Å². The monoisotopic (exact) mass is 392 g/mol. The molecular formula is C18H24N4O2S2. The summed E-state index contributed by atoms with van der Waals surface area (Å²) in [5.74, 6) is 1.37. The van der Waals surface area contributed by atoms with E-state index in [1.807, 2.05) is 29.2 Å². The van der Waals surface area contributed by atoms with Gasteiger partial charge in [0.1, 0.15) is 5.75 Å². The Morgan fingerprint density at radius 2 is 2.23 bits per heavy atom. The first kappa shape index (κ1) is 19.0. The molecule has 1 aliphatic rings. The number of nitrogens with one attached hydrogen (secondary N) is 1. The summed E-state index contributed by atoms with van der Waals surface area (Å²) in [5.41, 5.74) is 0.845. The molecular weight excluding hydrogens is 368 g/mol. The molecule has 2 heterocycles. The van der Waals surface area contributed by atoms with Crippen molar-refractivity contribution in [1.82, 2.24) is 15.1 Å². The van der Waals surface area contributed by atoms with E-state index >= 15 is 0 Å². The molecule has 0 aliphatic carbocycles. The number of nitrogens with zero attached hydrogens (tertiary/aromatic N) is 3. The lowest BCUT2D eigenvalue weighted by atomic mass is 10.0. The highest BCUT2D eigenvalue weighted by atomic mass is 32.2. The third-order valence-electron chi connectivity index (χ3n) is 4.49. The van der Waals surface area contributed by atoms with Gasteiger partial charge < -0.3 is 15.0 Å². The Morgan fingerprint density at radius 3 is 3.04 bits per heavy atom. The Morgan fingerprint density at radius 1 is 1.38 bits per heavy atom. The maximum absolute atomic E-state index is 12.6. The zero-order valence-corrected chi connectivity index (χ0v) is 16.7. The highest BCUT2D eigenvalue weighted by Crippen LogP contribution is 2.31. The van der Waals surface area contributed by atoms with E-state index in [-0.39, 0.29) is 5.91 Å². The molecule has 0 spiro atoms. The minimum absolute atomic E-state index is 0.205. The van der Waals surface area contributed by atoms with Gasteiger partial charge in [0.05, 0.1) is 18.6 Å². The molecule has 1 aromatic heterocycles. The van der Waals surface area contributed by atoms with Gasteiger partial charge in [0, 0.05) is 12.6 Å². The molecule has 1 aliphatic heterocycles. The fourth-order valence-electron chi connectivity index (χ4n) is 3.14. The van der Waals surface area contributed by atoms with E-state index in [1.54, 1.807) is 7.11 Å². The minimum atomic E-state index is 0.205. The summed E-state index contributed by atoms with van der Waals surface area (Å²) in [5, 5.41) is 12.3. The number of likely N-dealkylation sites (tertiary alicyclic amines) is 1. The van der Waals surface area contributed by atoms with Crippen molar-refractivity contribution in [2.24, 2.45) is 0 Å². The molecule has 0 unspecified atom stereocenters. The highest BCUT2D eigenvalue weighted by molar-refractivity contribution is 8.01. The van der Waals surface area contributed by atoms with Crippen molar-refractivity contribution in [3.8, 4) is 5.75 Å². The van der Waals surface area contributed by atoms with Gasteiger partial charge in [-0.15, -0.1) is 10.2 Å². The second-order valence-corrected chi connectivity index (χ2v) is 8.33. The number of methoxy groups -OCH3 is 1. The zero-order valence-electron chi connectivity index (χ0n) is 15.1. The lowest BCUT2D eigenvalue weighted by Crippen LogP contribution is -2.44. The predicted molar refractivity (Wildman–Crippen MR) is 107 cm³/mol. The quantitative estimate of drug-likeness (QED) is 0.713. The summed E-state index contributed by atoms with van der Waals surface area (Å²) in [7, 11) is 1.64. The van der Waals surface area contributed by atoms with Crippen molar-refractivity contribution in [3.05, 3.63) is 24.3 Å². The molecule has 6 nitrogen and oxygen atoms in total. The Balaban J connectivity index is 1.56. The summed E-state index contributed by atoms with van der Waals surface area (Å²) in [6, 6.07) is 8.07. The van der Waals surface area contributed by atoms with Crippen LogP contribution in [-0.4, -0.2) is 46.5 Å². The molecule has 1 saturated heterocycles. The molecule has 140 valence electrons. The van der Waals surface area contributed by atoms with Gasteiger partial charge in [-0.3, -0.25) is 4.79 Å². The molecule has 8 heteroatoms. The number of ether oxygens (including phenoxy) is 1. The van der Waals surface area contributed by atoms with E-state index in [2.05, 4.69) is 22.4 Å². The molecule has 3 rings (SSSR count). The molecule has 1 atom stereocenters. The number of piperidine rings is 1. The molecule has 1 amide bonds. The molecule has 0 saturated carbocycles. The lowest BCUT2D eigenvalue weighted by molar-refractivity contribution is -0.132. The van der Waals surface area contributed by atoms with Crippen LogP contribution in [0.25, 0.3) is 0 Å². The SMILES string of the molecule is CC[C@@H]1CCCCN1C(=O)CSc1nnc(Nc2ccccc2OC)s1. The van der Waals surface area contributed by atoms with Crippen LogP contribution in [0.2, 0.25) is 0 Å². The summed E-state index contributed by atoms with van der Waals surface area (Å²) >= 11 is 2.90. The molecule has 2 aromatic rings. The maximum Gasteiger partial charge on any atom is 0.233 e. The van der Waals surface area contributed by atoms with Gasteiger partial charge in [-0.05, 0) is 37.8 Å². The number of hydrogen-bond donors (Lipinski definition) is 1. The first-order valence-corrected chi connectivity index (χ1v) is 10.7. The third-order valence-corrected chi connectivity index (χ3v) is 6.45. The van der Waals surface area contributed by atoms with Gasteiger partial charge in [-0.1, -0.05) is 42.2 Å². The summed E-state index contributed by atoms with van der Waals surface area (Å²) in [6.45, 7) is 3.04. The first-order chi connectivity index (χ1) is 12.7. The average Bonchev–Trinajstić information content (AvgIpc) is 3.14. The van der Waals surface area contributed by atoms with Gasteiger partial charge in [-0.25, -0.2) is 0 Å². The smallest absolute Gasteiger partial charge is 0.233 e. The normalized spacial score (nSPS) is 17.2. The number of anilines is 2. The van der Waals surface area contributed by atoms with Crippen LogP contribution in [0.1, 0.15) is 32.6 Å². The Kier molecular flexibility index (Phi) is 6.73. The molecule has 26 heavy (non-hydrogen) atoms. The van der Waals surface area contributed by atoms with Gasteiger partial charge in [0.2, 0.25) is 11.0 Å². The molecule has 1 aromatic carbocycles. The standard InChI is InChI=1S/C18H24N4O2S2/c1-3-13-8-6-7-11-22(13)16(23)12-25-18-21-20-17(26-18)19-14-9-4-5-10-15(14)24-2/h4-5,9-10,13H,3,6-8,11-12H2,1-2H3,(H,19,20)/t13-/m1/s1. The van der Waals surface area contributed by atoms with Gasteiger partial charge in [0.25, 0.3) is 0 Å². The van der Waals surface area contributed by atoms with Crippen LogP contribution < -0.4 is 10.1 Å². The maximum atomic E-state index is 12.6. The summed E-state index contributed by atoms with van der Waals surface area (Å²) in [4.78, 5) is 14.6. The van der Waals surface area contributed by atoms with Crippen molar-refractivity contribution in [2.75, 3.05) is 24.7 Å². The van der Waals surface area contributed by atoms with Crippen LogP contribution in [0.3, 0.4) is 0 Å². The number of benzene rings is 1. The number of thioether (sulfide) groups is 1. The van der Waals surface area contributed by atoms with E-state index in [1.165, 1.54) is 29.5 Å². The van der Waals surface area contributed by atoms with Crippen LogP contribution in [0.5, 0.6) is 5.75 Å². The van der Waals surface area contributed by atoms with E-state index < -0.39 is 0 Å². The first-order valence-electron chi connectivity index (χ1n) is 8.87. The lowest BCUT2D eigenvalue weighted by Gasteiger charge is -2.35. The Labute approximate surface area is 162 Å². The number of carbonyl (C=O) groups excluding carboxylic acids is 1. The number of amides is 1. The zero-order chi connectivity index (χ0) is 18.4. The number of para-hydroxylation sites is 2. The van der Waals surface area contributed by atoms with Crippen molar-refractivity contribution in [3.63, 3.8) is 0 Å². The van der Waals surface area contributed by atoms with Crippen LogP contribution in [0.15, 0.2) is 28.6 Å².